The fourth-order valence-corrected chi connectivity index (χ4v) is 3.69. The van der Waals surface area contributed by atoms with Crippen LogP contribution in [0.1, 0.15) is 73.1 Å². The van der Waals surface area contributed by atoms with Gasteiger partial charge in [-0.05, 0) is 48.9 Å². The molecule has 0 aromatic heterocycles. The Morgan fingerprint density at radius 3 is 2.41 bits per heavy atom. The van der Waals surface area contributed by atoms with Gasteiger partial charge in [0.25, 0.3) is 0 Å². The number of hydrogen-bond donors (Lipinski definition) is 1. The summed E-state index contributed by atoms with van der Waals surface area (Å²) in [6.45, 7) is 11.8. The molecule has 1 N–H and O–H groups in total. The van der Waals surface area contributed by atoms with Crippen molar-refractivity contribution < 1.29 is 5.11 Å². The number of hydrogen-bond acceptors (Lipinski definition) is 1. The van der Waals surface area contributed by atoms with Crippen LogP contribution in [0.15, 0.2) is 0 Å². The zero-order chi connectivity index (χ0) is 13.1. The molecule has 1 nitrogen and oxygen atoms in total. The van der Waals surface area contributed by atoms with Crippen molar-refractivity contribution in [3.05, 3.63) is 0 Å². The van der Waals surface area contributed by atoms with Crippen molar-refractivity contribution in [3.8, 4) is 0 Å². The fraction of sp³-hybridized carbons (Fsp3) is 1.00. The van der Waals surface area contributed by atoms with Gasteiger partial charge in [0.1, 0.15) is 0 Å². The zero-order valence-electron chi connectivity index (χ0n) is 12.5. The summed E-state index contributed by atoms with van der Waals surface area (Å²) in [5, 5.41) is 9.90. The predicted molar refractivity (Wildman–Crippen MR) is 75.0 cm³/mol. The van der Waals surface area contributed by atoms with E-state index < -0.39 is 0 Å². The number of aliphatic hydroxyl groups excluding tert-OH is 1. The molecule has 1 fully saturated rings. The number of aliphatic hydroxyl groups is 1. The van der Waals surface area contributed by atoms with Crippen LogP contribution in [0.2, 0.25) is 0 Å². The van der Waals surface area contributed by atoms with Gasteiger partial charge in [-0.1, -0.05) is 47.5 Å². The first-order chi connectivity index (χ1) is 7.89. The van der Waals surface area contributed by atoms with Crippen molar-refractivity contribution in [2.24, 2.45) is 23.2 Å². The van der Waals surface area contributed by atoms with E-state index in [-0.39, 0.29) is 6.10 Å². The van der Waals surface area contributed by atoms with Gasteiger partial charge in [0, 0.05) is 0 Å². The average Bonchev–Trinajstić information content (AvgIpc) is 2.24. The van der Waals surface area contributed by atoms with Gasteiger partial charge >= 0.3 is 0 Å². The molecule has 0 unspecified atom stereocenters. The molecule has 1 saturated carbocycles. The molecule has 0 radical (unpaired) electrons. The molecule has 0 spiro atoms. The molecule has 1 heteroatoms. The van der Waals surface area contributed by atoms with E-state index in [1.165, 1.54) is 19.3 Å². The molecule has 17 heavy (non-hydrogen) atoms. The second kappa shape index (κ2) is 6.22. The summed E-state index contributed by atoms with van der Waals surface area (Å²) in [7, 11) is 0. The molecule has 0 amide bonds. The molecule has 4 atom stereocenters. The quantitative estimate of drug-likeness (QED) is 0.742. The van der Waals surface area contributed by atoms with Crippen LogP contribution in [-0.4, -0.2) is 11.2 Å². The lowest BCUT2D eigenvalue weighted by atomic mass is 9.58. The maximum atomic E-state index is 9.90. The van der Waals surface area contributed by atoms with E-state index in [2.05, 4.69) is 34.6 Å². The van der Waals surface area contributed by atoms with E-state index in [1.54, 1.807) is 0 Å². The first kappa shape index (κ1) is 15.0. The van der Waals surface area contributed by atoms with Crippen LogP contribution in [0.3, 0.4) is 0 Å². The van der Waals surface area contributed by atoms with Crippen molar-refractivity contribution in [2.45, 2.75) is 79.2 Å². The molecule has 0 aromatic rings. The van der Waals surface area contributed by atoms with Crippen LogP contribution < -0.4 is 0 Å². The minimum absolute atomic E-state index is 0.0692. The van der Waals surface area contributed by atoms with E-state index in [0.717, 1.165) is 37.0 Å². The summed E-state index contributed by atoms with van der Waals surface area (Å²) in [6.07, 6.45) is 6.96. The van der Waals surface area contributed by atoms with Crippen LogP contribution in [0.5, 0.6) is 0 Å². The van der Waals surface area contributed by atoms with Gasteiger partial charge in [0.15, 0.2) is 0 Å². The number of rotatable bonds is 5. The van der Waals surface area contributed by atoms with Crippen molar-refractivity contribution in [1.82, 2.24) is 0 Å². The Kier molecular flexibility index (Phi) is 5.50. The zero-order valence-corrected chi connectivity index (χ0v) is 12.5. The minimum Gasteiger partial charge on any atom is -0.393 e. The average molecular weight is 240 g/mol. The third-order valence-electron chi connectivity index (χ3n) is 5.40. The van der Waals surface area contributed by atoms with Crippen molar-refractivity contribution in [2.75, 3.05) is 0 Å². The largest absolute Gasteiger partial charge is 0.393 e. The Morgan fingerprint density at radius 1 is 1.18 bits per heavy atom. The van der Waals surface area contributed by atoms with Crippen LogP contribution in [0.4, 0.5) is 0 Å². The van der Waals surface area contributed by atoms with Gasteiger partial charge in [-0.15, -0.1) is 0 Å². The summed E-state index contributed by atoms with van der Waals surface area (Å²) in [6, 6.07) is 0. The van der Waals surface area contributed by atoms with Gasteiger partial charge in [-0.3, -0.25) is 0 Å². The second-order valence-corrected chi connectivity index (χ2v) is 6.90. The van der Waals surface area contributed by atoms with Gasteiger partial charge in [-0.25, -0.2) is 0 Å². The molecule has 1 aliphatic rings. The van der Waals surface area contributed by atoms with E-state index in [4.69, 9.17) is 0 Å². The standard InChI is InChI=1S/C16H32O/c1-6-7-14(17)10-11-15-12(2)8-9-13(3)16(15,4)5/h12-15,17H,6-11H2,1-5H3/t12-,13+,14+,15-/m1/s1. The molecular weight excluding hydrogens is 208 g/mol. The lowest BCUT2D eigenvalue weighted by molar-refractivity contribution is 0.0117. The highest BCUT2D eigenvalue weighted by Crippen LogP contribution is 2.49. The maximum Gasteiger partial charge on any atom is 0.0540 e. The molecular formula is C16H32O. The molecule has 102 valence electrons. The van der Waals surface area contributed by atoms with E-state index in [1.807, 2.05) is 0 Å². The maximum absolute atomic E-state index is 9.90. The lowest BCUT2D eigenvalue weighted by Gasteiger charge is -2.48. The third kappa shape index (κ3) is 3.71. The fourth-order valence-electron chi connectivity index (χ4n) is 3.69. The summed E-state index contributed by atoms with van der Waals surface area (Å²) >= 11 is 0. The Balaban J connectivity index is 2.53. The normalized spacial score (nSPS) is 34.6. The third-order valence-corrected chi connectivity index (χ3v) is 5.40. The molecule has 0 heterocycles. The Morgan fingerprint density at radius 2 is 1.82 bits per heavy atom. The van der Waals surface area contributed by atoms with E-state index >= 15 is 0 Å². The minimum atomic E-state index is -0.0692. The van der Waals surface area contributed by atoms with Crippen LogP contribution in [-0.2, 0) is 0 Å². The van der Waals surface area contributed by atoms with Gasteiger partial charge in [0.05, 0.1) is 6.10 Å². The summed E-state index contributed by atoms with van der Waals surface area (Å²) < 4.78 is 0. The van der Waals surface area contributed by atoms with E-state index in [9.17, 15) is 5.11 Å². The highest BCUT2D eigenvalue weighted by atomic mass is 16.3. The monoisotopic (exact) mass is 240 g/mol. The first-order valence-corrected chi connectivity index (χ1v) is 7.57. The van der Waals surface area contributed by atoms with Crippen molar-refractivity contribution in [3.63, 3.8) is 0 Å². The Labute approximate surface area is 108 Å². The Hall–Kier alpha value is -0.0400. The molecule has 0 bridgehead atoms. The second-order valence-electron chi connectivity index (χ2n) is 6.90. The van der Waals surface area contributed by atoms with Crippen LogP contribution in [0, 0.1) is 23.2 Å². The van der Waals surface area contributed by atoms with Crippen LogP contribution >= 0.6 is 0 Å². The highest BCUT2D eigenvalue weighted by molar-refractivity contribution is 4.90. The SMILES string of the molecule is CCC[C@H](O)CC[C@@H]1[C@H](C)CC[C@H](C)C1(C)C. The Bertz CT molecular complexity index is 222. The summed E-state index contributed by atoms with van der Waals surface area (Å²) in [5.74, 6) is 2.44. The molecule has 1 rings (SSSR count). The topological polar surface area (TPSA) is 20.2 Å². The molecule has 0 saturated heterocycles. The summed E-state index contributed by atoms with van der Waals surface area (Å²) in [5.41, 5.74) is 0.448. The molecule has 0 aliphatic heterocycles. The van der Waals surface area contributed by atoms with E-state index in [0.29, 0.717) is 5.41 Å². The first-order valence-electron chi connectivity index (χ1n) is 7.57. The van der Waals surface area contributed by atoms with Gasteiger partial charge in [-0.2, -0.15) is 0 Å². The van der Waals surface area contributed by atoms with Gasteiger partial charge in [0.2, 0.25) is 0 Å². The lowest BCUT2D eigenvalue weighted by Crippen LogP contribution is -2.39. The van der Waals surface area contributed by atoms with Crippen molar-refractivity contribution in [1.29, 1.82) is 0 Å². The summed E-state index contributed by atoms with van der Waals surface area (Å²) in [4.78, 5) is 0. The highest BCUT2D eigenvalue weighted by Gasteiger charge is 2.41. The predicted octanol–water partition coefficient (Wildman–Crippen LogP) is 4.64. The van der Waals surface area contributed by atoms with Gasteiger partial charge < -0.3 is 5.11 Å². The van der Waals surface area contributed by atoms with Crippen molar-refractivity contribution >= 4 is 0 Å². The molecule has 1 aliphatic carbocycles. The molecule has 0 aromatic carbocycles. The van der Waals surface area contributed by atoms with Crippen LogP contribution in [0.25, 0.3) is 0 Å². The smallest absolute Gasteiger partial charge is 0.0540 e.